The van der Waals surface area contributed by atoms with E-state index in [0.29, 0.717) is 12.8 Å². The summed E-state index contributed by atoms with van der Waals surface area (Å²) in [6.07, 6.45) is 2.21. The van der Waals surface area contributed by atoms with Crippen molar-refractivity contribution < 1.29 is 8.78 Å². The van der Waals surface area contributed by atoms with Crippen LogP contribution in [-0.2, 0) is 5.54 Å². The highest BCUT2D eigenvalue weighted by Gasteiger charge is 2.48. The monoisotopic (exact) mass is 267 g/mol. The highest BCUT2D eigenvalue weighted by Crippen LogP contribution is 2.53. The lowest BCUT2D eigenvalue weighted by molar-refractivity contribution is 0.0436. The van der Waals surface area contributed by atoms with Crippen LogP contribution in [0.25, 0.3) is 0 Å². The molecule has 1 nitrogen and oxygen atoms in total. The molecule has 0 saturated heterocycles. The summed E-state index contributed by atoms with van der Waals surface area (Å²) in [7, 11) is 0. The second kappa shape index (κ2) is 4.27. The molecule has 1 fully saturated rings. The number of nitrogens with two attached hydrogens (primary N) is 1. The van der Waals surface area contributed by atoms with Gasteiger partial charge in [-0.25, -0.2) is 8.78 Å². The van der Waals surface area contributed by atoms with Crippen LogP contribution in [0, 0.1) is 22.5 Å². The van der Waals surface area contributed by atoms with Crippen LogP contribution in [0.5, 0.6) is 0 Å². The first-order valence-electron chi connectivity index (χ1n) is 6.78. The van der Waals surface area contributed by atoms with Crippen molar-refractivity contribution in [3.8, 4) is 0 Å². The van der Waals surface area contributed by atoms with Crippen molar-refractivity contribution in [2.24, 2.45) is 16.6 Å². The van der Waals surface area contributed by atoms with Gasteiger partial charge in [-0.3, -0.25) is 0 Å². The number of hydrogen-bond acceptors (Lipinski definition) is 1. The summed E-state index contributed by atoms with van der Waals surface area (Å²) in [5.74, 6) is -1.06. The van der Waals surface area contributed by atoms with E-state index in [4.69, 9.17) is 5.73 Å². The molecule has 106 valence electrons. The highest BCUT2D eigenvalue weighted by molar-refractivity contribution is 5.29. The van der Waals surface area contributed by atoms with Crippen molar-refractivity contribution in [2.75, 3.05) is 0 Å². The standard InChI is InChI=1S/C16H23F2N/c1-14(2)8-15(3,4)10-16(19,9-14)13-11(17)6-5-7-12(13)18/h5-7H,8-10,19H2,1-4H3. The molecule has 1 aliphatic rings. The zero-order valence-electron chi connectivity index (χ0n) is 12.2. The molecule has 1 aromatic rings. The normalized spacial score (nSPS) is 24.2. The number of halogens is 2. The average molecular weight is 267 g/mol. The topological polar surface area (TPSA) is 26.0 Å². The first-order chi connectivity index (χ1) is 8.55. The number of rotatable bonds is 1. The maximum Gasteiger partial charge on any atom is 0.131 e. The molecule has 1 saturated carbocycles. The summed E-state index contributed by atoms with van der Waals surface area (Å²) in [5.41, 5.74) is 5.53. The van der Waals surface area contributed by atoms with E-state index in [2.05, 4.69) is 27.7 Å². The molecule has 2 N–H and O–H groups in total. The smallest absolute Gasteiger partial charge is 0.131 e. The van der Waals surface area contributed by atoms with Crippen LogP contribution in [0.4, 0.5) is 8.78 Å². The van der Waals surface area contributed by atoms with Gasteiger partial charge in [0.1, 0.15) is 11.6 Å². The molecule has 0 heterocycles. The molecular weight excluding hydrogens is 244 g/mol. The lowest BCUT2D eigenvalue weighted by Gasteiger charge is -2.50. The molecule has 0 bridgehead atoms. The minimum atomic E-state index is -0.930. The summed E-state index contributed by atoms with van der Waals surface area (Å²) >= 11 is 0. The van der Waals surface area contributed by atoms with Gasteiger partial charge in [-0.2, -0.15) is 0 Å². The van der Waals surface area contributed by atoms with Gasteiger partial charge in [0.2, 0.25) is 0 Å². The Balaban J connectivity index is 2.53. The first kappa shape index (κ1) is 14.4. The molecule has 1 aromatic carbocycles. The quantitative estimate of drug-likeness (QED) is 0.804. The molecule has 19 heavy (non-hydrogen) atoms. The van der Waals surface area contributed by atoms with E-state index in [0.717, 1.165) is 6.42 Å². The summed E-state index contributed by atoms with van der Waals surface area (Å²) in [5, 5.41) is 0. The van der Waals surface area contributed by atoms with Crippen LogP contribution in [-0.4, -0.2) is 0 Å². The predicted octanol–water partition coefficient (Wildman–Crippen LogP) is 4.36. The summed E-state index contributed by atoms with van der Waals surface area (Å²) < 4.78 is 28.1. The largest absolute Gasteiger partial charge is 0.321 e. The molecule has 0 unspecified atom stereocenters. The average Bonchev–Trinajstić information content (AvgIpc) is 2.09. The molecule has 3 heteroatoms. The molecule has 1 aliphatic carbocycles. The Hall–Kier alpha value is -0.960. The van der Waals surface area contributed by atoms with Gasteiger partial charge in [0.25, 0.3) is 0 Å². The molecule has 0 aliphatic heterocycles. The van der Waals surface area contributed by atoms with Gasteiger partial charge in [-0.05, 0) is 42.2 Å². The van der Waals surface area contributed by atoms with Crippen LogP contribution < -0.4 is 5.73 Å². The van der Waals surface area contributed by atoms with Gasteiger partial charge >= 0.3 is 0 Å². The van der Waals surface area contributed by atoms with Crippen molar-refractivity contribution in [3.63, 3.8) is 0 Å². The van der Waals surface area contributed by atoms with Crippen LogP contribution in [0.15, 0.2) is 18.2 Å². The van der Waals surface area contributed by atoms with E-state index in [1.807, 2.05) is 0 Å². The van der Waals surface area contributed by atoms with Gasteiger partial charge in [0.15, 0.2) is 0 Å². The lowest BCUT2D eigenvalue weighted by atomic mass is 9.57. The molecule has 0 amide bonds. The Bertz CT molecular complexity index is 455. The van der Waals surface area contributed by atoms with Gasteiger partial charge in [0, 0.05) is 11.1 Å². The maximum absolute atomic E-state index is 14.1. The van der Waals surface area contributed by atoms with Crippen LogP contribution in [0.1, 0.15) is 52.5 Å². The maximum atomic E-state index is 14.1. The second-order valence-electron chi connectivity index (χ2n) is 7.61. The van der Waals surface area contributed by atoms with E-state index >= 15 is 0 Å². The molecule has 0 atom stereocenters. The fourth-order valence-corrected chi connectivity index (χ4v) is 4.34. The number of hydrogen-bond donors (Lipinski definition) is 1. The molecular formula is C16H23F2N. The summed E-state index contributed by atoms with van der Waals surface area (Å²) in [6, 6.07) is 3.97. The minimum absolute atomic E-state index is 0.0226. The van der Waals surface area contributed by atoms with Crippen molar-refractivity contribution in [2.45, 2.75) is 52.5 Å². The van der Waals surface area contributed by atoms with Crippen LogP contribution in [0.2, 0.25) is 0 Å². The van der Waals surface area contributed by atoms with Crippen molar-refractivity contribution in [1.82, 2.24) is 0 Å². The van der Waals surface area contributed by atoms with E-state index < -0.39 is 17.2 Å². The third-order valence-electron chi connectivity index (χ3n) is 4.01. The van der Waals surface area contributed by atoms with Crippen molar-refractivity contribution in [3.05, 3.63) is 35.4 Å². The van der Waals surface area contributed by atoms with E-state index in [-0.39, 0.29) is 16.4 Å². The lowest BCUT2D eigenvalue weighted by Crippen LogP contribution is -2.50. The third-order valence-corrected chi connectivity index (χ3v) is 4.01. The predicted molar refractivity (Wildman–Crippen MR) is 73.6 cm³/mol. The van der Waals surface area contributed by atoms with Gasteiger partial charge in [-0.1, -0.05) is 33.8 Å². The Morgan fingerprint density at radius 2 is 1.32 bits per heavy atom. The van der Waals surface area contributed by atoms with Crippen LogP contribution >= 0.6 is 0 Å². The Kier molecular flexibility index (Phi) is 3.25. The van der Waals surface area contributed by atoms with Crippen molar-refractivity contribution in [1.29, 1.82) is 0 Å². The fraction of sp³-hybridized carbons (Fsp3) is 0.625. The molecule has 0 radical (unpaired) electrons. The molecule has 0 spiro atoms. The van der Waals surface area contributed by atoms with E-state index in [1.165, 1.54) is 18.2 Å². The third kappa shape index (κ3) is 2.81. The summed E-state index contributed by atoms with van der Waals surface area (Å²) in [4.78, 5) is 0. The Labute approximate surface area is 114 Å². The summed E-state index contributed by atoms with van der Waals surface area (Å²) in [6.45, 7) is 8.48. The second-order valence-corrected chi connectivity index (χ2v) is 7.61. The first-order valence-corrected chi connectivity index (χ1v) is 6.78. The number of benzene rings is 1. The minimum Gasteiger partial charge on any atom is -0.321 e. The van der Waals surface area contributed by atoms with Crippen molar-refractivity contribution >= 4 is 0 Å². The fourth-order valence-electron chi connectivity index (χ4n) is 4.34. The van der Waals surface area contributed by atoms with Gasteiger partial charge in [-0.15, -0.1) is 0 Å². The van der Waals surface area contributed by atoms with E-state index in [1.54, 1.807) is 0 Å². The Morgan fingerprint density at radius 1 is 0.895 bits per heavy atom. The van der Waals surface area contributed by atoms with Crippen LogP contribution in [0.3, 0.4) is 0 Å². The molecule has 0 aromatic heterocycles. The van der Waals surface area contributed by atoms with E-state index in [9.17, 15) is 8.78 Å². The zero-order chi connectivity index (χ0) is 14.5. The van der Waals surface area contributed by atoms with Gasteiger partial charge in [0.05, 0.1) is 0 Å². The Morgan fingerprint density at radius 3 is 1.74 bits per heavy atom. The van der Waals surface area contributed by atoms with Gasteiger partial charge < -0.3 is 5.73 Å². The SMILES string of the molecule is CC1(C)CC(C)(C)CC(N)(c2c(F)cccc2F)C1. The molecule has 2 rings (SSSR count). The zero-order valence-corrected chi connectivity index (χ0v) is 12.2. The highest BCUT2D eigenvalue weighted by atomic mass is 19.1.